The van der Waals surface area contributed by atoms with Gasteiger partial charge in [-0.2, -0.15) is 0 Å². The topological polar surface area (TPSA) is 58.1 Å². The van der Waals surface area contributed by atoms with Gasteiger partial charge in [0.1, 0.15) is 5.69 Å². The van der Waals surface area contributed by atoms with Crippen LogP contribution in [0.1, 0.15) is 23.3 Å². The van der Waals surface area contributed by atoms with Gasteiger partial charge in [-0.1, -0.05) is 0 Å². The smallest absolute Gasteiger partial charge is 0.196 e. The van der Waals surface area contributed by atoms with Crippen molar-refractivity contribution in [2.45, 2.75) is 18.9 Å². The van der Waals surface area contributed by atoms with Crippen molar-refractivity contribution in [3.05, 3.63) is 24.3 Å². The summed E-state index contributed by atoms with van der Waals surface area (Å²) in [7, 11) is 1.97. The van der Waals surface area contributed by atoms with Crippen molar-refractivity contribution in [1.29, 1.82) is 0 Å². The molecule has 17 heavy (non-hydrogen) atoms. The van der Waals surface area contributed by atoms with Crippen molar-refractivity contribution in [2.24, 2.45) is 0 Å². The molecule has 0 aromatic carbocycles. The van der Waals surface area contributed by atoms with Crippen LogP contribution in [0.25, 0.3) is 0 Å². The highest BCUT2D eigenvalue weighted by Crippen LogP contribution is 2.10. The van der Waals surface area contributed by atoms with E-state index < -0.39 is 0 Å². The lowest BCUT2D eigenvalue weighted by Crippen LogP contribution is -2.46. The maximum atomic E-state index is 11.9. The molecule has 5 nitrogen and oxygen atoms in total. The maximum Gasteiger partial charge on any atom is 0.196 e. The molecule has 2 heterocycles. The van der Waals surface area contributed by atoms with E-state index in [9.17, 15) is 4.79 Å². The van der Waals surface area contributed by atoms with E-state index in [-0.39, 0.29) is 5.78 Å². The average Bonchev–Trinajstić information content (AvgIpc) is 2.40. The van der Waals surface area contributed by atoms with E-state index in [0.717, 1.165) is 19.5 Å². The van der Waals surface area contributed by atoms with Crippen LogP contribution in [0, 0.1) is 0 Å². The molecule has 1 aromatic rings. The van der Waals surface area contributed by atoms with E-state index in [4.69, 9.17) is 0 Å². The fraction of sp³-hybridized carbons (Fsp3) is 0.583. The Kier molecular flexibility index (Phi) is 4.17. The molecule has 1 aromatic heterocycles. The summed E-state index contributed by atoms with van der Waals surface area (Å²) < 4.78 is 0. The van der Waals surface area contributed by atoms with Crippen LogP contribution in [0.3, 0.4) is 0 Å². The number of carbonyl (C=O) groups is 1. The lowest BCUT2D eigenvalue weighted by Gasteiger charge is -2.31. The standard InChI is InChI=1S/C12H18N4O/c1-13-10-3-2-6-16(8-10)9-12(17)11-7-14-4-5-15-11/h4-5,7,10,13H,2-3,6,8-9H2,1H3. The van der Waals surface area contributed by atoms with E-state index in [0.29, 0.717) is 18.3 Å². The van der Waals surface area contributed by atoms with E-state index >= 15 is 0 Å². The van der Waals surface area contributed by atoms with Crippen molar-refractivity contribution >= 4 is 5.78 Å². The summed E-state index contributed by atoms with van der Waals surface area (Å²) in [6.45, 7) is 2.36. The van der Waals surface area contributed by atoms with Crippen LogP contribution in [-0.4, -0.2) is 53.4 Å². The van der Waals surface area contributed by atoms with Gasteiger partial charge in [-0.05, 0) is 26.4 Å². The first kappa shape index (κ1) is 12.1. The summed E-state index contributed by atoms with van der Waals surface area (Å²) in [6, 6.07) is 0.499. The number of aromatic nitrogens is 2. The summed E-state index contributed by atoms with van der Waals surface area (Å²) in [5.74, 6) is 0.0508. The zero-order chi connectivity index (χ0) is 12.1. The fourth-order valence-electron chi connectivity index (χ4n) is 2.16. The zero-order valence-electron chi connectivity index (χ0n) is 10.1. The SMILES string of the molecule is CNC1CCCN(CC(=O)c2cnccn2)C1. The quantitative estimate of drug-likeness (QED) is 0.761. The lowest BCUT2D eigenvalue weighted by atomic mass is 10.1. The molecule has 2 rings (SSSR count). The molecule has 1 saturated heterocycles. The fourth-order valence-corrected chi connectivity index (χ4v) is 2.16. The Morgan fingerprint density at radius 2 is 2.47 bits per heavy atom. The van der Waals surface area contributed by atoms with Gasteiger partial charge in [0.05, 0.1) is 12.7 Å². The minimum absolute atomic E-state index is 0.0508. The largest absolute Gasteiger partial charge is 0.316 e. The van der Waals surface area contributed by atoms with E-state index in [1.54, 1.807) is 12.4 Å². The highest BCUT2D eigenvalue weighted by atomic mass is 16.1. The van der Waals surface area contributed by atoms with E-state index in [1.807, 2.05) is 7.05 Å². The summed E-state index contributed by atoms with van der Waals surface area (Å²) in [6.07, 6.45) is 6.99. The van der Waals surface area contributed by atoms with Gasteiger partial charge in [0.15, 0.2) is 5.78 Å². The van der Waals surface area contributed by atoms with Gasteiger partial charge >= 0.3 is 0 Å². The molecule has 1 N–H and O–H groups in total. The third-order valence-electron chi connectivity index (χ3n) is 3.13. The van der Waals surface area contributed by atoms with Gasteiger partial charge in [-0.3, -0.25) is 14.7 Å². The number of likely N-dealkylation sites (N-methyl/N-ethyl adjacent to an activating group) is 1. The van der Waals surface area contributed by atoms with Crippen molar-refractivity contribution in [3.8, 4) is 0 Å². The Morgan fingerprint density at radius 3 is 3.18 bits per heavy atom. The van der Waals surface area contributed by atoms with Crippen LogP contribution in [-0.2, 0) is 0 Å². The Bertz CT molecular complexity index is 368. The molecule has 0 amide bonds. The van der Waals surface area contributed by atoms with Crippen molar-refractivity contribution in [2.75, 3.05) is 26.7 Å². The Labute approximate surface area is 101 Å². The lowest BCUT2D eigenvalue weighted by molar-refractivity contribution is 0.0896. The number of nitrogens with zero attached hydrogens (tertiary/aromatic N) is 3. The highest BCUT2D eigenvalue weighted by molar-refractivity contribution is 5.95. The second-order valence-corrected chi connectivity index (χ2v) is 4.38. The molecule has 0 spiro atoms. The predicted octanol–water partition coefficient (Wildman–Crippen LogP) is 0.343. The molecule has 1 aliphatic heterocycles. The Balaban J connectivity index is 1.90. The molecule has 92 valence electrons. The molecule has 0 bridgehead atoms. The van der Waals surface area contributed by atoms with Crippen LogP contribution in [0.5, 0.6) is 0 Å². The molecule has 1 fully saturated rings. The number of carbonyl (C=O) groups excluding carboxylic acids is 1. The molecule has 1 atom stereocenters. The third kappa shape index (κ3) is 3.31. The van der Waals surface area contributed by atoms with E-state index in [1.165, 1.54) is 12.6 Å². The molecule has 5 heteroatoms. The maximum absolute atomic E-state index is 11.9. The number of hydrogen-bond donors (Lipinski definition) is 1. The molecule has 0 saturated carbocycles. The molecule has 0 aliphatic carbocycles. The first-order valence-corrected chi connectivity index (χ1v) is 5.98. The van der Waals surface area contributed by atoms with Crippen molar-refractivity contribution in [1.82, 2.24) is 20.2 Å². The summed E-state index contributed by atoms with van der Waals surface area (Å²) in [5.41, 5.74) is 0.457. The Morgan fingerprint density at radius 1 is 1.59 bits per heavy atom. The second kappa shape index (κ2) is 5.84. The van der Waals surface area contributed by atoms with Gasteiger partial charge in [0, 0.05) is 25.0 Å². The average molecular weight is 234 g/mol. The molecular formula is C12H18N4O. The van der Waals surface area contributed by atoms with Crippen molar-refractivity contribution in [3.63, 3.8) is 0 Å². The van der Waals surface area contributed by atoms with Crippen molar-refractivity contribution < 1.29 is 4.79 Å². The van der Waals surface area contributed by atoms with Gasteiger partial charge in [-0.15, -0.1) is 0 Å². The summed E-state index contributed by atoms with van der Waals surface area (Å²) in [5, 5.41) is 3.27. The van der Waals surface area contributed by atoms with Crippen LogP contribution in [0.2, 0.25) is 0 Å². The number of Topliss-reactive ketones (excluding diaryl/α,β-unsaturated/α-hetero) is 1. The minimum Gasteiger partial charge on any atom is -0.316 e. The van der Waals surface area contributed by atoms with Gasteiger partial charge < -0.3 is 5.32 Å². The normalized spacial score (nSPS) is 21.4. The first-order chi connectivity index (χ1) is 8.29. The third-order valence-corrected chi connectivity index (χ3v) is 3.13. The van der Waals surface area contributed by atoms with Gasteiger partial charge in [0.2, 0.25) is 0 Å². The number of likely N-dealkylation sites (tertiary alicyclic amines) is 1. The zero-order valence-corrected chi connectivity index (χ0v) is 10.1. The molecule has 1 unspecified atom stereocenters. The molecule has 0 radical (unpaired) electrons. The highest BCUT2D eigenvalue weighted by Gasteiger charge is 2.21. The molecule has 1 aliphatic rings. The predicted molar refractivity (Wildman–Crippen MR) is 64.9 cm³/mol. The summed E-state index contributed by atoms with van der Waals surface area (Å²) >= 11 is 0. The second-order valence-electron chi connectivity index (χ2n) is 4.38. The number of rotatable bonds is 4. The number of hydrogen-bond acceptors (Lipinski definition) is 5. The Hall–Kier alpha value is -1.33. The van der Waals surface area contributed by atoms with Crippen LogP contribution < -0.4 is 5.32 Å². The number of ketones is 1. The van der Waals surface area contributed by atoms with Crippen LogP contribution >= 0.6 is 0 Å². The number of piperidine rings is 1. The molecular weight excluding hydrogens is 216 g/mol. The monoisotopic (exact) mass is 234 g/mol. The van der Waals surface area contributed by atoms with E-state index in [2.05, 4.69) is 20.2 Å². The minimum atomic E-state index is 0.0508. The van der Waals surface area contributed by atoms with Crippen LogP contribution in [0.4, 0.5) is 0 Å². The van der Waals surface area contributed by atoms with Crippen LogP contribution in [0.15, 0.2) is 18.6 Å². The number of nitrogens with one attached hydrogen (secondary N) is 1. The van der Waals surface area contributed by atoms with Gasteiger partial charge in [0.25, 0.3) is 0 Å². The summed E-state index contributed by atoms with van der Waals surface area (Å²) in [4.78, 5) is 22.1. The first-order valence-electron chi connectivity index (χ1n) is 5.98. The van der Waals surface area contributed by atoms with Gasteiger partial charge in [-0.25, -0.2) is 4.98 Å².